The van der Waals surface area contributed by atoms with Crippen LogP contribution in [0.1, 0.15) is 42.7 Å². The quantitative estimate of drug-likeness (QED) is 0.661. The number of nitrogens with two attached hydrogens (primary N) is 1. The minimum atomic E-state index is -0.621. The SMILES string of the molecule is CCOc1ccc(C(=O)N[C@@H](C)c2ccc(NC(N)=O)cc2)cc1OCC. The van der Waals surface area contributed by atoms with E-state index in [-0.39, 0.29) is 11.9 Å². The summed E-state index contributed by atoms with van der Waals surface area (Å²) in [7, 11) is 0. The maximum atomic E-state index is 12.6. The third kappa shape index (κ3) is 5.64. The van der Waals surface area contributed by atoms with Crippen LogP contribution in [0.2, 0.25) is 0 Å². The summed E-state index contributed by atoms with van der Waals surface area (Å²) in [4.78, 5) is 23.4. The van der Waals surface area contributed by atoms with Crippen LogP contribution in [0.3, 0.4) is 0 Å². The summed E-state index contributed by atoms with van der Waals surface area (Å²) in [5.74, 6) is 0.939. The van der Waals surface area contributed by atoms with Crippen molar-refractivity contribution >= 4 is 17.6 Å². The first-order valence-electron chi connectivity index (χ1n) is 8.81. The number of benzene rings is 2. The first-order valence-corrected chi connectivity index (χ1v) is 8.81. The van der Waals surface area contributed by atoms with Crippen molar-refractivity contribution in [3.8, 4) is 11.5 Å². The number of urea groups is 1. The normalized spacial score (nSPS) is 11.4. The fourth-order valence-electron chi connectivity index (χ4n) is 2.55. The van der Waals surface area contributed by atoms with Crippen LogP contribution in [0.15, 0.2) is 42.5 Å². The molecule has 0 saturated heterocycles. The molecule has 0 radical (unpaired) electrons. The van der Waals surface area contributed by atoms with E-state index in [9.17, 15) is 9.59 Å². The second kappa shape index (κ2) is 9.47. The smallest absolute Gasteiger partial charge is 0.316 e. The van der Waals surface area contributed by atoms with Gasteiger partial charge in [0.25, 0.3) is 5.91 Å². The van der Waals surface area contributed by atoms with Gasteiger partial charge < -0.3 is 25.8 Å². The molecular weight excluding hydrogens is 346 g/mol. The van der Waals surface area contributed by atoms with Crippen molar-refractivity contribution in [2.24, 2.45) is 5.73 Å². The fourth-order valence-corrected chi connectivity index (χ4v) is 2.55. The summed E-state index contributed by atoms with van der Waals surface area (Å²) in [6, 6.07) is 11.4. The second-order valence-electron chi connectivity index (χ2n) is 5.83. The summed E-state index contributed by atoms with van der Waals surface area (Å²) < 4.78 is 11.1. The molecule has 0 unspecified atom stereocenters. The zero-order valence-corrected chi connectivity index (χ0v) is 15.7. The molecule has 0 aliphatic carbocycles. The maximum Gasteiger partial charge on any atom is 0.316 e. The molecule has 0 spiro atoms. The lowest BCUT2D eigenvalue weighted by Crippen LogP contribution is -2.26. The van der Waals surface area contributed by atoms with E-state index in [1.165, 1.54) is 0 Å². The number of nitrogens with one attached hydrogen (secondary N) is 2. The second-order valence-corrected chi connectivity index (χ2v) is 5.83. The van der Waals surface area contributed by atoms with Crippen LogP contribution in [-0.2, 0) is 0 Å². The Hall–Kier alpha value is -3.22. The van der Waals surface area contributed by atoms with Gasteiger partial charge in [-0.25, -0.2) is 4.79 Å². The van der Waals surface area contributed by atoms with Gasteiger partial charge in [0.2, 0.25) is 0 Å². The van der Waals surface area contributed by atoms with Crippen molar-refractivity contribution in [1.29, 1.82) is 0 Å². The molecule has 2 rings (SSSR count). The molecule has 0 aliphatic heterocycles. The first-order chi connectivity index (χ1) is 12.9. The van der Waals surface area contributed by atoms with E-state index in [1.807, 2.05) is 32.9 Å². The Morgan fingerprint density at radius 1 is 1.00 bits per heavy atom. The molecular formula is C20H25N3O4. The van der Waals surface area contributed by atoms with Crippen LogP contribution >= 0.6 is 0 Å². The molecule has 2 aromatic rings. The molecule has 144 valence electrons. The molecule has 2 aromatic carbocycles. The van der Waals surface area contributed by atoms with Crippen molar-refractivity contribution in [3.05, 3.63) is 53.6 Å². The van der Waals surface area contributed by atoms with Gasteiger partial charge in [0.1, 0.15) is 0 Å². The van der Waals surface area contributed by atoms with E-state index >= 15 is 0 Å². The van der Waals surface area contributed by atoms with Crippen LogP contribution in [-0.4, -0.2) is 25.2 Å². The van der Waals surface area contributed by atoms with Gasteiger partial charge in [-0.15, -0.1) is 0 Å². The zero-order valence-electron chi connectivity index (χ0n) is 15.7. The highest BCUT2D eigenvalue weighted by atomic mass is 16.5. The number of ether oxygens (including phenoxy) is 2. The Balaban J connectivity index is 2.09. The number of amides is 3. The maximum absolute atomic E-state index is 12.6. The molecule has 0 fully saturated rings. The highest BCUT2D eigenvalue weighted by molar-refractivity contribution is 5.95. The Kier molecular flexibility index (Phi) is 7.05. The van der Waals surface area contributed by atoms with Gasteiger partial charge in [-0.05, 0) is 56.7 Å². The number of primary amides is 1. The van der Waals surface area contributed by atoms with Crippen molar-refractivity contribution in [3.63, 3.8) is 0 Å². The number of carbonyl (C=O) groups is 2. The monoisotopic (exact) mass is 371 g/mol. The summed E-state index contributed by atoms with van der Waals surface area (Å²) in [5.41, 5.74) is 7.07. The number of hydrogen-bond donors (Lipinski definition) is 3. The highest BCUT2D eigenvalue weighted by Gasteiger charge is 2.14. The molecule has 0 heterocycles. The highest BCUT2D eigenvalue weighted by Crippen LogP contribution is 2.29. The molecule has 1 atom stereocenters. The third-order valence-electron chi connectivity index (χ3n) is 3.83. The predicted molar refractivity (Wildman–Crippen MR) is 104 cm³/mol. The lowest BCUT2D eigenvalue weighted by molar-refractivity contribution is 0.0939. The molecule has 27 heavy (non-hydrogen) atoms. The Morgan fingerprint density at radius 2 is 1.63 bits per heavy atom. The summed E-state index contributed by atoms with van der Waals surface area (Å²) in [5, 5.41) is 5.44. The Morgan fingerprint density at radius 3 is 2.22 bits per heavy atom. The van der Waals surface area contributed by atoms with Crippen LogP contribution in [0, 0.1) is 0 Å². The average Bonchev–Trinajstić information content (AvgIpc) is 2.63. The molecule has 0 bridgehead atoms. The third-order valence-corrected chi connectivity index (χ3v) is 3.83. The lowest BCUT2D eigenvalue weighted by Gasteiger charge is -2.16. The van der Waals surface area contributed by atoms with E-state index in [4.69, 9.17) is 15.2 Å². The molecule has 0 aromatic heterocycles. The minimum Gasteiger partial charge on any atom is -0.490 e. The minimum absolute atomic E-state index is 0.217. The van der Waals surface area contributed by atoms with Gasteiger partial charge in [-0.1, -0.05) is 12.1 Å². The van der Waals surface area contributed by atoms with Gasteiger partial charge in [0, 0.05) is 11.3 Å². The fraction of sp³-hybridized carbons (Fsp3) is 0.300. The molecule has 7 heteroatoms. The van der Waals surface area contributed by atoms with E-state index in [1.54, 1.807) is 30.3 Å². The van der Waals surface area contributed by atoms with E-state index in [2.05, 4.69) is 10.6 Å². The van der Waals surface area contributed by atoms with Crippen LogP contribution < -0.4 is 25.8 Å². The molecule has 0 aliphatic rings. The largest absolute Gasteiger partial charge is 0.490 e. The van der Waals surface area contributed by atoms with Gasteiger partial charge in [0.05, 0.1) is 19.3 Å². The molecule has 4 N–H and O–H groups in total. The molecule has 3 amide bonds. The van der Waals surface area contributed by atoms with Crippen LogP contribution in [0.5, 0.6) is 11.5 Å². The van der Waals surface area contributed by atoms with Crippen LogP contribution in [0.4, 0.5) is 10.5 Å². The summed E-state index contributed by atoms with van der Waals surface area (Å²) >= 11 is 0. The number of anilines is 1. The Labute approximate surface area is 158 Å². The predicted octanol–water partition coefficient (Wildman–Crippen LogP) is 3.47. The first kappa shape index (κ1) is 20.1. The van der Waals surface area contributed by atoms with Gasteiger partial charge in [-0.3, -0.25) is 4.79 Å². The Bertz CT molecular complexity index is 790. The van der Waals surface area contributed by atoms with Gasteiger partial charge in [-0.2, -0.15) is 0 Å². The van der Waals surface area contributed by atoms with Gasteiger partial charge in [0.15, 0.2) is 11.5 Å². The van der Waals surface area contributed by atoms with Crippen molar-refractivity contribution in [1.82, 2.24) is 5.32 Å². The summed E-state index contributed by atoms with van der Waals surface area (Å²) in [6.07, 6.45) is 0. The van der Waals surface area contributed by atoms with Crippen molar-refractivity contribution in [2.45, 2.75) is 26.8 Å². The van der Waals surface area contributed by atoms with E-state index in [0.717, 1.165) is 5.56 Å². The number of hydrogen-bond acceptors (Lipinski definition) is 4. The topological polar surface area (TPSA) is 103 Å². The van der Waals surface area contributed by atoms with E-state index in [0.29, 0.717) is 36.0 Å². The van der Waals surface area contributed by atoms with Gasteiger partial charge >= 0.3 is 6.03 Å². The zero-order chi connectivity index (χ0) is 19.8. The van der Waals surface area contributed by atoms with Crippen molar-refractivity contribution in [2.75, 3.05) is 18.5 Å². The lowest BCUT2D eigenvalue weighted by atomic mass is 10.1. The average molecular weight is 371 g/mol. The summed E-state index contributed by atoms with van der Waals surface area (Å²) in [6.45, 7) is 6.65. The standard InChI is InChI=1S/C20H25N3O4/c1-4-26-17-11-8-15(12-18(17)27-5-2)19(24)22-13(3)14-6-9-16(10-7-14)23-20(21)25/h6-13H,4-5H2,1-3H3,(H,22,24)(H3,21,23,25)/t13-/m0/s1. The molecule has 7 nitrogen and oxygen atoms in total. The van der Waals surface area contributed by atoms with Crippen LogP contribution in [0.25, 0.3) is 0 Å². The molecule has 0 saturated carbocycles. The van der Waals surface area contributed by atoms with Crippen molar-refractivity contribution < 1.29 is 19.1 Å². The van der Waals surface area contributed by atoms with E-state index < -0.39 is 6.03 Å². The number of rotatable bonds is 8. The number of carbonyl (C=O) groups excluding carboxylic acids is 2.